The van der Waals surface area contributed by atoms with Gasteiger partial charge in [0.15, 0.2) is 0 Å². The Morgan fingerprint density at radius 3 is 2.42 bits per heavy atom. The first-order chi connectivity index (χ1) is 11.7. The van der Waals surface area contributed by atoms with Crippen LogP contribution in [-0.2, 0) is 13.2 Å². The van der Waals surface area contributed by atoms with E-state index in [0.717, 1.165) is 16.7 Å². The van der Waals surface area contributed by atoms with Gasteiger partial charge in [-0.1, -0.05) is 54.1 Å². The molecule has 0 aromatic heterocycles. The molecule has 24 heavy (non-hydrogen) atoms. The van der Waals surface area contributed by atoms with E-state index >= 15 is 0 Å². The van der Waals surface area contributed by atoms with Crippen LogP contribution in [0.3, 0.4) is 0 Å². The molecule has 3 aromatic carbocycles. The molecule has 0 amide bonds. The zero-order valence-electron chi connectivity index (χ0n) is 13.0. The minimum absolute atomic E-state index is 0.349. The molecule has 4 heteroatoms. The Balaban J connectivity index is 1.96. The first kappa shape index (κ1) is 16.5. The Hall–Kier alpha value is -2.36. The van der Waals surface area contributed by atoms with E-state index in [4.69, 9.17) is 22.1 Å². The Morgan fingerprint density at radius 2 is 1.71 bits per heavy atom. The van der Waals surface area contributed by atoms with Crippen LogP contribution in [-0.4, -0.2) is 0 Å². The summed E-state index contributed by atoms with van der Waals surface area (Å²) in [6.45, 7) is 0.830. The van der Waals surface area contributed by atoms with Crippen LogP contribution < -0.4 is 10.5 Å². The SMILES string of the molecule is NCc1ccc(-c2cc(F)cc(Cl)c2)c(OCc2ccccc2)c1. The molecule has 0 atom stereocenters. The van der Waals surface area contributed by atoms with Crippen molar-refractivity contribution in [2.24, 2.45) is 5.73 Å². The van der Waals surface area contributed by atoms with Crippen molar-refractivity contribution in [3.8, 4) is 16.9 Å². The Kier molecular flexibility index (Phi) is 5.14. The molecule has 0 bridgehead atoms. The molecule has 0 heterocycles. The molecule has 0 saturated carbocycles. The van der Waals surface area contributed by atoms with Crippen molar-refractivity contribution in [1.82, 2.24) is 0 Å². The molecule has 122 valence electrons. The topological polar surface area (TPSA) is 35.2 Å². The molecule has 3 aromatic rings. The predicted octanol–water partition coefficient (Wildman–Crippen LogP) is 5.18. The van der Waals surface area contributed by atoms with E-state index in [9.17, 15) is 4.39 Å². The third-order valence-corrected chi connectivity index (χ3v) is 3.91. The van der Waals surface area contributed by atoms with Crippen molar-refractivity contribution in [3.05, 3.63) is 88.7 Å². The highest BCUT2D eigenvalue weighted by Gasteiger charge is 2.10. The van der Waals surface area contributed by atoms with Gasteiger partial charge in [-0.2, -0.15) is 0 Å². The largest absolute Gasteiger partial charge is 0.488 e. The van der Waals surface area contributed by atoms with Crippen LogP contribution in [0.1, 0.15) is 11.1 Å². The van der Waals surface area contributed by atoms with Gasteiger partial charge in [-0.3, -0.25) is 0 Å². The van der Waals surface area contributed by atoms with Crippen LogP contribution in [0.25, 0.3) is 11.1 Å². The van der Waals surface area contributed by atoms with Crippen LogP contribution in [0.5, 0.6) is 5.75 Å². The Bertz CT molecular complexity index is 816. The number of nitrogens with two attached hydrogens (primary N) is 1. The highest BCUT2D eigenvalue weighted by Crippen LogP contribution is 2.33. The van der Waals surface area contributed by atoms with Gasteiger partial charge in [0.05, 0.1) is 0 Å². The molecular weight excluding hydrogens is 325 g/mol. The minimum atomic E-state index is -0.380. The van der Waals surface area contributed by atoms with Gasteiger partial charge in [0.25, 0.3) is 0 Å². The first-order valence-electron chi connectivity index (χ1n) is 7.62. The summed E-state index contributed by atoms with van der Waals surface area (Å²) >= 11 is 5.98. The fourth-order valence-electron chi connectivity index (χ4n) is 2.50. The second kappa shape index (κ2) is 7.47. The minimum Gasteiger partial charge on any atom is -0.488 e. The van der Waals surface area contributed by atoms with Crippen LogP contribution in [0.4, 0.5) is 4.39 Å². The van der Waals surface area contributed by atoms with Gasteiger partial charge in [0, 0.05) is 17.1 Å². The Labute approximate surface area is 145 Å². The standard InChI is InChI=1S/C20H17ClFNO/c21-17-9-16(10-18(22)11-17)19-7-6-15(12-23)8-20(19)24-13-14-4-2-1-3-5-14/h1-11H,12-13,23H2. The van der Waals surface area contributed by atoms with Gasteiger partial charge in [0.2, 0.25) is 0 Å². The van der Waals surface area contributed by atoms with E-state index in [0.29, 0.717) is 29.5 Å². The van der Waals surface area contributed by atoms with Gasteiger partial charge in [0.1, 0.15) is 18.2 Å². The summed E-state index contributed by atoms with van der Waals surface area (Å²) in [5.41, 5.74) is 9.18. The molecule has 0 aliphatic heterocycles. The second-order valence-electron chi connectivity index (χ2n) is 5.47. The lowest BCUT2D eigenvalue weighted by Crippen LogP contribution is -2.01. The fourth-order valence-corrected chi connectivity index (χ4v) is 2.72. The van der Waals surface area contributed by atoms with Crippen molar-refractivity contribution in [3.63, 3.8) is 0 Å². The molecule has 0 radical (unpaired) electrons. The number of rotatable bonds is 5. The number of hydrogen-bond donors (Lipinski definition) is 1. The van der Waals surface area contributed by atoms with E-state index in [1.807, 2.05) is 48.5 Å². The molecular formula is C20H17ClFNO. The molecule has 3 rings (SSSR count). The highest BCUT2D eigenvalue weighted by molar-refractivity contribution is 6.30. The summed E-state index contributed by atoms with van der Waals surface area (Å²) in [5, 5.41) is 0.349. The number of ether oxygens (including phenoxy) is 1. The Morgan fingerprint density at radius 1 is 0.917 bits per heavy atom. The van der Waals surface area contributed by atoms with Crippen LogP contribution in [0, 0.1) is 5.82 Å². The molecule has 2 N–H and O–H groups in total. The van der Waals surface area contributed by atoms with E-state index in [1.54, 1.807) is 6.07 Å². The van der Waals surface area contributed by atoms with Crippen molar-refractivity contribution >= 4 is 11.6 Å². The number of hydrogen-bond acceptors (Lipinski definition) is 2. The maximum absolute atomic E-state index is 13.7. The molecule has 0 unspecified atom stereocenters. The molecule has 0 aliphatic carbocycles. The lowest BCUT2D eigenvalue weighted by Gasteiger charge is -2.14. The zero-order chi connectivity index (χ0) is 16.9. The van der Waals surface area contributed by atoms with Crippen molar-refractivity contribution in [2.75, 3.05) is 0 Å². The molecule has 0 spiro atoms. The first-order valence-corrected chi connectivity index (χ1v) is 7.99. The van der Waals surface area contributed by atoms with Gasteiger partial charge >= 0.3 is 0 Å². The third-order valence-electron chi connectivity index (χ3n) is 3.69. The van der Waals surface area contributed by atoms with E-state index in [2.05, 4.69) is 0 Å². The molecule has 0 aliphatic rings. The zero-order valence-corrected chi connectivity index (χ0v) is 13.8. The molecule has 0 saturated heterocycles. The summed E-state index contributed by atoms with van der Waals surface area (Å²) in [6.07, 6.45) is 0. The highest BCUT2D eigenvalue weighted by atomic mass is 35.5. The quantitative estimate of drug-likeness (QED) is 0.693. The van der Waals surface area contributed by atoms with Crippen LogP contribution in [0.15, 0.2) is 66.7 Å². The van der Waals surface area contributed by atoms with E-state index in [-0.39, 0.29) is 5.82 Å². The summed E-state index contributed by atoms with van der Waals surface area (Å²) < 4.78 is 19.7. The van der Waals surface area contributed by atoms with Crippen LogP contribution >= 0.6 is 11.6 Å². The van der Waals surface area contributed by atoms with E-state index in [1.165, 1.54) is 12.1 Å². The predicted molar refractivity (Wildman–Crippen MR) is 95.5 cm³/mol. The molecule has 0 fully saturated rings. The van der Waals surface area contributed by atoms with E-state index < -0.39 is 0 Å². The normalized spacial score (nSPS) is 10.6. The third kappa shape index (κ3) is 3.94. The average Bonchev–Trinajstić information content (AvgIpc) is 2.59. The smallest absolute Gasteiger partial charge is 0.127 e. The van der Waals surface area contributed by atoms with Gasteiger partial charge < -0.3 is 10.5 Å². The lowest BCUT2D eigenvalue weighted by atomic mass is 10.0. The monoisotopic (exact) mass is 341 g/mol. The summed E-state index contributed by atoms with van der Waals surface area (Å²) in [6, 6.07) is 20.0. The lowest BCUT2D eigenvalue weighted by molar-refractivity contribution is 0.307. The van der Waals surface area contributed by atoms with Crippen molar-refractivity contribution in [1.29, 1.82) is 0 Å². The van der Waals surface area contributed by atoms with Gasteiger partial charge in [-0.25, -0.2) is 4.39 Å². The number of halogens is 2. The summed E-state index contributed by atoms with van der Waals surface area (Å²) in [7, 11) is 0. The van der Waals surface area contributed by atoms with Gasteiger partial charge in [-0.15, -0.1) is 0 Å². The fraction of sp³-hybridized carbons (Fsp3) is 0.100. The van der Waals surface area contributed by atoms with Gasteiger partial charge in [-0.05, 0) is 41.0 Å². The average molecular weight is 342 g/mol. The summed E-state index contributed by atoms with van der Waals surface area (Å²) in [5.74, 6) is 0.276. The second-order valence-corrected chi connectivity index (χ2v) is 5.90. The van der Waals surface area contributed by atoms with Crippen LogP contribution in [0.2, 0.25) is 5.02 Å². The molecule has 2 nitrogen and oxygen atoms in total. The summed E-state index contributed by atoms with van der Waals surface area (Å²) in [4.78, 5) is 0. The number of benzene rings is 3. The maximum Gasteiger partial charge on any atom is 0.127 e. The van der Waals surface area contributed by atoms with Crippen molar-refractivity contribution < 1.29 is 9.13 Å². The maximum atomic E-state index is 13.7. The van der Waals surface area contributed by atoms with Crippen molar-refractivity contribution in [2.45, 2.75) is 13.2 Å².